The van der Waals surface area contributed by atoms with Crippen molar-refractivity contribution in [1.82, 2.24) is 0 Å². The highest BCUT2D eigenvalue weighted by molar-refractivity contribution is 8.03. The first-order valence-corrected chi connectivity index (χ1v) is 6.67. The van der Waals surface area contributed by atoms with Crippen molar-refractivity contribution in [1.29, 1.82) is 0 Å². The molecule has 0 N–H and O–H groups in total. The van der Waals surface area contributed by atoms with E-state index in [4.69, 9.17) is 0 Å². The Hall–Kier alpha value is -0.240. The molecule has 0 unspecified atom stereocenters. The predicted octanol–water partition coefficient (Wildman–Crippen LogP) is 3.94. The summed E-state index contributed by atoms with van der Waals surface area (Å²) in [6.45, 7) is 2.21. The summed E-state index contributed by atoms with van der Waals surface area (Å²) in [5.41, 5.74) is 0. The minimum absolute atomic E-state index is 0.337. The second-order valence-electron chi connectivity index (χ2n) is 3.84. The van der Waals surface area contributed by atoms with Crippen LogP contribution in [0.15, 0.2) is 11.0 Å². The Kier molecular flexibility index (Phi) is 6.00. The van der Waals surface area contributed by atoms with Crippen LogP contribution < -0.4 is 0 Å². The van der Waals surface area contributed by atoms with E-state index in [1.165, 1.54) is 36.3 Å². The summed E-state index contributed by atoms with van der Waals surface area (Å²) >= 11 is 1.89. The van der Waals surface area contributed by atoms with E-state index in [0.29, 0.717) is 5.78 Å². The van der Waals surface area contributed by atoms with Crippen molar-refractivity contribution >= 4 is 17.5 Å². The van der Waals surface area contributed by atoms with Gasteiger partial charge in [-0.15, -0.1) is 11.8 Å². The van der Waals surface area contributed by atoms with Gasteiger partial charge in [-0.2, -0.15) is 0 Å². The van der Waals surface area contributed by atoms with Crippen LogP contribution in [0.1, 0.15) is 51.9 Å². The Labute approximate surface area is 91.3 Å². The number of hydrogen-bond donors (Lipinski definition) is 0. The van der Waals surface area contributed by atoms with E-state index in [9.17, 15) is 4.79 Å². The van der Waals surface area contributed by atoms with Crippen LogP contribution in [0.25, 0.3) is 0 Å². The van der Waals surface area contributed by atoms with Crippen molar-refractivity contribution in [3.8, 4) is 0 Å². The molecule has 0 fully saturated rings. The molecular weight excluding hydrogens is 192 g/mol. The first-order valence-electron chi connectivity index (χ1n) is 5.69. The second kappa shape index (κ2) is 7.10. The van der Waals surface area contributed by atoms with Gasteiger partial charge in [0, 0.05) is 6.42 Å². The molecule has 0 atom stereocenters. The Morgan fingerprint density at radius 2 is 2.21 bits per heavy atom. The molecule has 2 heteroatoms. The van der Waals surface area contributed by atoms with Crippen LogP contribution >= 0.6 is 11.8 Å². The molecule has 0 aromatic rings. The van der Waals surface area contributed by atoms with Gasteiger partial charge in [-0.25, -0.2) is 0 Å². The lowest BCUT2D eigenvalue weighted by molar-refractivity contribution is -0.114. The van der Waals surface area contributed by atoms with Gasteiger partial charge in [-0.3, -0.25) is 4.79 Å². The largest absolute Gasteiger partial charge is 0.295 e. The molecule has 14 heavy (non-hydrogen) atoms. The van der Waals surface area contributed by atoms with E-state index in [1.54, 1.807) is 0 Å². The minimum atomic E-state index is 0.337. The number of unbranched alkanes of at least 4 members (excludes halogenated alkanes) is 2. The molecule has 0 spiro atoms. The third-order valence-corrected chi connectivity index (χ3v) is 3.64. The number of carbonyl (C=O) groups is 1. The molecule has 0 saturated carbocycles. The van der Waals surface area contributed by atoms with Crippen LogP contribution in [0.5, 0.6) is 0 Å². The first kappa shape index (κ1) is 11.8. The van der Waals surface area contributed by atoms with E-state index in [2.05, 4.69) is 6.92 Å². The van der Waals surface area contributed by atoms with E-state index >= 15 is 0 Å². The highest BCUT2D eigenvalue weighted by Gasteiger charge is 2.07. The van der Waals surface area contributed by atoms with Crippen LogP contribution in [0.4, 0.5) is 0 Å². The molecule has 0 bridgehead atoms. The maximum atomic E-state index is 11.4. The zero-order valence-corrected chi connectivity index (χ0v) is 9.87. The smallest absolute Gasteiger partial charge is 0.156 e. The van der Waals surface area contributed by atoms with Crippen molar-refractivity contribution in [2.45, 2.75) is 51.9 Å². The standard InChI is InChI=1S/C12H20OS/c1-2-3-4-8-12-10-11(13)7-5-6-9-14-12/h10H,2-9H2,1H3/b12-10-. The Bertz CT molecular complexity index is 208. The summed E-state index contributed by atoms with van der Waals surface area (Å²) in [5, 5.41) is 0. The number of ketones is 1. The topological polar surface area (TPSA) is 17.1 Å². The summed E-state index contributed by atoms with van der Waals surface area (Å²) in [7, 11) is 0. The predicted molar refractivity (Wildman–Crippen MR) is 63.5 cm³/mol. The first-order chi connectivity index (χ1) is 6.83. The molecule has 1 aliphatic heterocycles. The molecule has 80 valence electrons. The van der Waals surface area contributed by atoms with E-state index in [0.717, 1.165) is 19.3 Å². The van der Waals surface area contributed by atoms with E-state index in [1.807, 2.05) is 17.8 Å². The molecule has 1 rings (SSSR count). The molecule has 0 aromatic carbocycles. The highest BCUT2D eigenvalue weighted by atomic mass is 32.2. The minimum Gasteiger partial charge on any atom is -0.295 e. The fraction of sp³-hybridized carbons (Fsp3) is 0.750. The molecule has 1 aliphatic rings. The van der Waals surface area contributed by atoms with Crippen molar-refractivity contribution in [3.63, 3.8) is 0 Å². The van der Waals surface area contributed by atoms with Gasteiger partial charge in [0.25, 0.3) is 0 Å². The Morgan fingerprint density at radius 1 is 1.36 bits per heavy atom. The number of rotatable bonds is 4. The van der Waals surface area contributed by atoms with Crippen LogP contribution in [-0.4, -0.2) is 11.5 Å². The van der Waals surface area contributed by atoms with Gasteiger partial charge in [-0.05, 0) is 42.4 Å². The fourth-order valence-corrected chi connectivity index (χ4v) is 2.71. The van der Waals surface area contributed by atoms with Gasteiger partial charge in [0.05, 0.1) is 0 Å². The number of thioether (sulfide) groups is 1. The van der Waals surface area contributed by atoms with Gasteiger partial charge >= 0.3 is 0 Å². The zero-order chi connectivity index (χ0) is 10.2. The molecule has 0 amide bonds. The van der Waals surface area contributed by atoms with Gasteiger partial charge in [0.1, 0.15) is 0 Å². The van der Waals surface area contributed by atoms with Crippen LogP contribution in [0.3, 0.4) is 0 Å². The van der Waals surface area contributed by atoms with Crippen molar-refractivity contribution in [2.24, 2.45) is 0 Å². The molecule has 0 saturated heterocycles. The summed E-state index contributed by atoms with van der Waals surface area (Å²) < 4.78 is 0. The van der Waals surface area contributed by atoms with E-state index < -0.39 is 0 Å². The summed E-state index contributed by atoms with van der Waals surface area (Å²) in [5.74, 6) is 1.54. The molecule has 1 heterocycles. The lowest BCUT2D eigenvalue weighted by Gasteiger charge is -2.09. The monoisotopic (exact) mass is 212 g/mol. The van der Waals surface area contributed by atoms with Crippen LogP contribution in [0, 0.1) is 0 Å². The fourth-order valence-electron chi connectivity index (χ4n) is 1.59. The molecule has 0 aromatic heterocycles. The van der Waals surface area contributed by atoms with Gasteiger partial charge in [0.2, 0.25) is 0 Å². The molecular formula is C12H20OS. The van der Waals surface area contributed by atoms with E-state index in [-0.39, 0.29) is 0 Å². The summed E-state index contributed by atoms with van der Waals surface area (Å²) in [6, 6.07) is 0. The third kappa shape index (κ3) is 4.85. The van der Waals surface area contributed by atoms with Gasteiger partial charge < -0.3 is 0 Å². The molecule has 0 aliphatic carbocycles. The lowest BCUT2D eigenvalue weighted by atomic mass is 10.1. The maximum Gasteiger partial charge on any atom is 0.156 e. The number of carbonyl (C=O) groups excluding carboxylic acids is 1. The van der Waals surface area contributed by atoms with Crippen LogP contribution in [-0.2, 0) is 4.79 Å². The summed E-state index contributed by atoms with van der Waals surface area (Å²) in [4.78, 5) is 12.7. The van der Waals surface area contributed by atoms with Crippen LogP contribution in [0.2, 0.25) is 0 Å². The average Bonchev–Trinajstić information content (AvgIpc) is 2.13. The number of allylic oxidation sites excluding steroid dienone is 2. The van der Waals surface area contributed by atoms with Crippen molar-refractivity contribution in [3.05, 3.63) is 11.0 Å². The maximum absolute atomic E-state index is 11.4. The average molecular weight is 212 g/mol. The number of hydrogen-bond acceptors (Lipinski definition) is 2. The third-order valence-electron chi connectivity index (χ3n) is 2.45. The zero-order valence-electron chi connectivity index (χ0n) is 9.05. The lowest BCUT2D eigenvalue weighted by Crippen LogP contribution is -1.99. The SMILES string of the molecule is CCCCC/C1=C/C(=O)CCCCS1. The van der Waals surface area contributed by atoms with Crippen molar-refractivity contribution in [2.75, 3.05) is 5.75 Å². The van der Waals surface area contributed by atoms with Gasteiger partial charge in [-0.1, -0.05) is 19.8 Å². The molecule has 0 radical (unpaired) electrons. The second-order valence-corrected chi connectivity index (χ2v) is 5.06. The van der Waals surface area contributed by atoms with Gasteiger partial charge in [0.15, 0.2) is 5.78 Å². The highest BCUT2D eigenvalue weighted by Crippen LogP contribution is 2.25. The summed E-state index contributed by atoms with van der Waals surface area (Å²) in [6.07, 6.45) is 9.81. The Morgan fingerprint density at radius 3 is 3.00 bits per heavy atom. The molecule has 1 nitrogen and oxygen atoms in total. The Balaban J connectivity index is 2.37. The van der Waals surface area contributed by atoms with Crippen molar-refractivity contribution < 1.29 is 4.79 Å². The quantitative estimate of drug-likeness (QED) is 0.657. The normalized spacial score (nSPS) is 22.4.